The van der Waals surface area contributed by atoms with E-state index in [1.54, 1.807) is 28.8 Å². The SMILES string of the molecule is O=C1CC(c2ccc(O)cc2)c2c(c3ccccc3n(-c3ccccc3)c2=O)O1. The number of carbonyl (C=O) groups is 1. The number of ether oxygens (including phenoxy) is 1. The van der Waals surface area contributed by atoms with Crippen molar-refractivity contribution in [1.82, 2.24) is 4.57 Å². The van der Waals surface area contributed by atoms with Crippen molar-refractivity contribution in [2.45, 2.75) is 12.3 Å². The van der Waals surface area contributed by atoms with Crippen LogP contribution in [0.2, 0.25) is 0 Å². The fourth-order valence-corrected chi connectivity index (χ4v) is 4.00. The number of fused-ring (bicyclic) bond motifs is 3. The Bertz CT molecular complexity index is 1290. The fourth-order valence-electron chi connectivity index (χ4n) is 4.00. The molecule has 2 heterocycles. The molecule has 1 N–H and O–H groups in total. The second kappa shape index (κ2) is 6.63. The van der Waals surface area contributed by atoms with Crippen LogP contribution in [0.25, 0.3) is 16.6 Å². The molecule has 5 nitrogen and oxygen atoms in total. The van der Waals surface area contributed by atoms with Crippen molar-refractivity contribution in [2.75, 3.05) is 0 Å². The van der Waals surface area contributed by atoms with Crippen molar-refractivity contribution in [2.24, 2.45) is 0 Å². The first-order chi connectivity index (χ1) is 14.1. The number of rotatable bonds is 2. The number of hydrogen-bond donors (Lipinski definition) is 1. The van der Waals surface area contributed by atoms with E-state index < -0.39 is 5.92 Å². The fraction of sp³-hybridized carbons (Fsp3) is 0.0833. The molecule has 5 heteroatoms. The van der Waals surface area contributed by atoms with Gasteiger partial charge in [0.05, 0.1) is 17.5 Å². The lowest BCUT2D eigenvalue weighted by Gasteiger charge is -2.27. The highest BCUT2D eigenvalue weighted by atomic mass is 16.5. The van der Waals surface area contributed by atoms with Gasteiger partial charge >= 0.3 is 5.97 Å². The molecule has 1 atom stereocenters. The van der Waals surface area contributed by atoms with Crippen LogP contribution >= 0.6 is 0 Å². The van der Waals surface area contributed by atoms with Gasteiger partial charge in [-0.25, -0.2) is 0 Å². The van der Waals surface area contributed by atoms with E-state index in [0.29, 0.717) is 22.2 Å². The largest absolute Gasteiger partial charge is 0.508 e. The van der Waals surface area contributed by atoms with Gasteiger partial charge in [0.25, 0.3) is 5.56 Å². The molecule has 1 aromatic heterocycles. The van der Waals surface area contributed by atoms with Gasteiger partial charge in [-0.3, -0.25) is 14.2 Å². The molecule has 0 fully saturated rings. The van der Waals surface area contributed by atoms with E-state index in [2.05, 4.69) is 0 Å². The molecular formula is C24H17NO4. The summed E-state index contributed by atoms with van der Waals surface area (Å²) in [4.78, 5) is 26.1. The van der Waals surface area contributed by atoms with Crippen LogP contribution in [0.4, 0.5) is 0 Å². The number of aromatic nitrogens is 1. The maximum atomic E-state index is 13.7. The topological polar surface area (TPSA) is 68.5 Å². The molecule has 0 radical (unpaired) electrons. The van der Waals surface area contributed by atoms with Crippen molar-refractivity contribution < 1.29 is 14.6 Å². The number of phenols is 1. The second-order valence-electron chi connectivity index (χ2n) is 7.06. The predicted molar refractivity (Wildman–Crippen MR) is 110 cm³/mol. The van der Waals surface area contributed by atoms with E-state index in [-0.39, 0.29) is 23.7 Å². The third-order valence-electron chi connectivity index (χ3n) is 5.31. The Morgan fingerprint density at radius 2 is 1.55 bits per heavy atom. The summed E-state index contributed by atoms with van der Waals surface area (Å²) in [5, 5.41) is 10.3. The van der Waals surface area contributed by atoms with Crippen molar-refractivity contribution in [3.8, 4) is 17.2 Å². The van der Waals surface area contributed by atoms with Gasteiger partial charge < -0.3 is 9.84 Å². The summed E-state index contributed by atoms with van der Waals surface area (Å²) in [5.74, 6) is -0.365. The molecular weight excluding hydrogens is 366 g/mol. The number of benzene rings is 3. The highest BCUT2D eigenvalue weighted by molar-refractivity contribution is 5.92. The first-order valence-corrected chi connectivity index (χ1v) is 9.36. The molecule has 4 aromatic rings. The van der Waals surface area contributed by atoms with Crippen molar-refractivity contribution in [3.63, 3.8) is 0 Å². The molecule has 0 aliphatic carbocycles. The number of phenolic OH excluding ortho intramolecular Hbond substituents is 1. The van der Waals surface area contributed by atoms with Crippen LogP contribution in [0.5, 0.6) is 11.5 Å². The minimum absolute atomic E-state index is 0.0696. The molecule has 0 saturated heterocycles. The standard InChI is InChI=1S/C24H17NO4/c26-17-12-10-15(11-13-17)19-14-21(27)29-23-18-8-4-5-9-20(18)25(24(28)22(19)23)16-6-2-1-3-7-16/h1-13,19,26H,14H2. The number of pyridine rings is 1. The van der Waals surface area contributed by atoms with Gasteiger partial charge in [-0.1, -0.05) is 42.5 Å². The molecule has 142 valence electrons. The predicted octanol–water partition coefficient (Wildman–Crippen LogP) is 4.14. The summed E-state index contributed by atoms with van der Waals surface area (Å²) >= 11 is 0. The first-order valence-electron chi connectivity index (χ1n) is 9.36. The minimum atomic E-state index is -0.445. The van der Waals surface area contributed by atoms with E-state index in [4.69, 9.17) is 4.74 Å². The van der Waals surface area contributed by atoms with Crippen LogP contribution in [0.1, 0.15) is 23.5 Å². The Morgan fingerprint density at radius 1 is 0.862 bits per heavy atom. The zero-order valence-electron chi connectivity index (χ0n) is 15.4. The molecule has 1 unspecified atom stereocenters. The Kier molecular flexibility index (Phi) is 3.95. The van der Waals surface area contributed by atoms with Crippen LogP contribution in [0.15, 0.2) is 83.7 Å². The average Bonchev–Trinajstić information content (AvgIpc) is 2.74. The third-order valence-corrected chi connectivity index (χ3v) is 5.31. The number of hydrogen-bond acceptors (Lipinski definition) is 4. The van der Waals surface area contributed by atoms with E-state index in [1.165, 1.54) is 0 Å². The minimum Gasteiger partial charge on any atom is -0.508 e. The molecule has 3 aromatic carbocycles. The van der Waals surface area contributed by atoms with Crippen molar-refractivity contribution in [1.29, 1.82) is 0 Å². The van der Waals surface area contributed by atoms with Crippen molar-refractivity contribution in [3.05, 3.63) is 100 Å². The summed E-state index contributed by atoms with van der Waals surface area (Å²) in [6.07, 6.45) is 0.0696. The van der Waals surface area contributed by atoms with Crippen LogP contribution in [0, 0.1) is 0 Å². The van der Waals surface area contributed by atoms with Gasteiger partial charge in [0.15, 0.2) is 0 Å². The summed E-state index contributed by atoms with van der Waals surface area (Å²) in [6.45, 7) is 0. The highest BCUT2D eigenvalue weighted by Crippen LogP contribution is 2.41. The lowest BCUT2D eigenvalue weighted by molar-refractivity contribution is -0.135. The quantitative estimate of drug-likeness (QED) is 0.528. The van der Waals surface area contributed by atoms with Crippen LogP contribution in [-0.4, -0.2) is 15.6 Å². The maximum absolute atomic E-state index is 13.7. The van der Waals surface area contributed by atoms with Gasteiger partial charge in [0.2, 0.25) is 0 Å². The monoisotopic (exact) mass is 383 g/mol. The summed E-state index contributed by atoms with van der Waals surface area (Å²) < 4.78 is 7.26. The molecule has 0 bridgehead atoms. The third kappa shape index (κ3) is 2.79. The molecule has 5 rings (SSSR count). The van der Waals surface area contributed by atoms with E-state index in [9.17, 15) is 14.7 Å². The van der Waals surface area contributed by atoms with Gasteiger partial charge in [0, 0.05) is 17.0 Å². The number of aromatic hydroxyl groups is 1. The van der Waals surface area contributed by atoms with Gasteiger partial charge in [-0.2, -0.15) is 0 Å². The Morgan fingerprint density at radius 3 is 2.31 bits per heavy atom. The van der Waals surface area contributed by atoms with Crippen molar-refractivity contribution >= 4 is 16.9 Å². The smallest absolute Gasteiger partial charge is 0.312 e. The molecule has 0 amide bonds. The molecule has 1 aliphatic heterocycles. The molecule has 29 heavy (non-hydrogen) atoms. The summed E-state index contributed by atoms with van der Waals surface area (Å²) in [6, 6.07) is 23.5. The second-order valence-corrected chi connectivity index (χ2v) is 7.06. The number of esters is 1. The lowest BCUT2D eigenvalue weighted by atomic mass is 9.86. The van der Waals surface area contributed by atoms with E-state index in [1.807, 2.05) is 54.6 Å². The summed E-state index contributed by atoms with van der Waals surface area (Å²) in [5.41, 5.74) is 2.46. The Hall–Kier alpha value is -3.86. The average molecular weight is 383 g/mol. The molecule has 0 saturated carbocycles. The van der Waals surface area contributed by atoms with Crippen LogP contribution in [0.3, 0.4) is 0 Å². The molecule has 0 spiro atoms. The lowest BCUT2D eigenvalue weighted by Crippen LogP contribution is -2.32. The highest BCUT2D eigenvalue weighted by Gasteiger charge is 2.34. The number of para-hydroxylation sites is 2. The zero-order chi connectivity index (χ0) is 20.0. The van der Waals surface area contributed by atoms with E-state index >= 15 is 0 Å². The first kappa shape index (κ1) is 17.3. The maximum Gasteiger partial charge on any atom is 0.312 e. The van der Waals surface area contributed by atoms with E-state index in [0.717, 1.165) is 11.3 Å². The Balaban J connectivity index is 1.87. The zero-order valence-corrected chi connectivity index (χ0v) is 15.4. The summed E-state index contributed by atoms with van der Waals surface area (Å²) in [7, 11) is 0. The van der Waals surface area contributed by atoms with Crippen LogP contribution < -0.4 is 10.3 Å². The number of nitrogens with zero attached hydrogens (tertiary/aromatic N) is 1. The normalized spacial score (nSPS) is 15.7. The number of carbonyl (C=O) groups excluding carboxylic acids is 1. The Labute approximate surface area is 166 Å². The van der Waals surface area contributed by atoms with Crippen LogP contribution in [-0.2, 0) is 4.79 Å². The van der Waals surface area contributed by atoms with Gasteiger partial charge in [0.1, 0.15) is 11.5 Å². The molecule has 1 aliphatic rings. The van der Waals surface area contributed by atoms with Gasteiger partial charge in [-0.15, -0.1) is 0 Å². The van der Waals surface area contributed by atoms with Gasteiger partial charge in [-0.05, 0) is 42.0 Å².